The molecule has 0 fully saturated rings. The SMILES string of the molecule is CCOc1ccc(Cl)cc1/C=N\NC(=O)Cc1csc(Nc2cccc(C(F)(F)F)c2)n1. The number of ether oxygens (including phenoxy) is 1. The Balaban J connectivity index is 1.57. The monoisotopic (exact) mass is 482 g/mol. The first-order valence-electron chi connectivity index (χ1n) is 9.37. The number of nitrogens with zero attached hydrogens (tertiary/aromatic N) is 2. The van der Waals surface area contributed by atoms with E-state index in [1.54, 1.807) is 23.6 Å². The Labute approximate surface area is 191 Å². The van der Waals surface area contributed by atoms with Gasteiger partial charge < -0.3 is 10.1 Å². The number of anilines is 2. The van der Waals surface area contributed by atoms with Gasteiger partial charge in [-0.05, 0) is 43.3 Å². The highest BCUT2D eigenvalue weighted by Gasteiger charge is 2.30. The number of hydrogen-bond acceptors (Lipinski definition) is 6. The number of halogens is 4. The summed E-state index contributed by atoms with van der Waals surface area (Å²) in [6, 6.07) is 9.86. The first-order valence-corrected chi connectivity index (χ1v) is 10.6. The summed E-state index contributed by atoms with van der Waals surface area (Å²) in [5.41, 5.74) is 2.96. The van der Waals surface area contributed by atoms with Gasteiger partial charge in [0.2, 0.25) is 5.91 Å². The molecule has 0 saturated heterocycles. The van der Waals surface area contributed by atoms with E-state index in [0.29, 0.717) is 33.8 Å². The molecule has 6 nitrogen and oxygen atoms in total. The van der Waals surface area contributed by atoms with Gasteiger partial charge in [-0.2, -0.15) is 18.3 Å². The smallest absolute Gasteiger partial charge is 0.416 e. The highest BCUT2D eigenvalue weighted by atomic mass is 35.5. The molecule has 0 saturated carbocycles. The van der Waals surface area contributed by atoms with Crippen molar-refractivity contribution in [3.63, 3.8) is 0 Å². The molecule has 0 spiro atoms. The van der Waals surface area contributed by atoms with Crippen LogP contribution >= 0.6 is 22.9 Å². The molecule has 2 N–H and O–H groups in total. The van der Waals surface area contributed by atoms with E-state index >= 15 is 0 Å². The molecule has 168 valence electrons. The van der Waals surface area contributed by atoms with Gasteiger partial charge in [0.05, 0.1) is 30.5 Å². The largest absolute Gasteiger partial charge is 0.493 e. The summed E-state index contributed by atoms with van der Waals surface area (Å²) < 4.78 is 44.0. The van der Waals surface area contributed by atoms with E-state index in [1.165, 1.54) is 29.7 Å². The molecule has 32 heavy (non-hydrogen) atoms. The summed E-state index contributed by atoms with van der Waals surface area (Å²) in [5, 5.41) is 9.25. The van der Waals surface area contributed by atoms with Crippen molar-refractivity contribution in [1.29, 1.82) is 0 Å². The van der Waals surface area contributed by atoms with Crippen molar-refractivity contribution >= 4 is 45.9 Å². The zero-order valence-corrected chi connectivity index (χ0v) is 18.3. The molecule has 11 heteroatoms. The van der Waals surface area contributed by atoms with Crippen molar-refractivity contribution in [2.45, 2.75) is 19.5 Å². The Hall–Kier alpha value is -3.11. The van der Waals surface area contributed by atoms with Gasteiger partial charge in [-0.15, -0.1) is 11.3 Å². The summed E-state index contributed by atoms with van der Waals surface area (Å²) in [4.78, 5) is 16.4. The van der Waals surface area contributed by atoms with E-state index in [4.69, 9.17) is 16.3 Å². The molecule has 0 aliphatic rings. The lowest BCUT2D eigenvalue weighted by Crippen LogP contribution is -2.20. The number of hydrogen-bond donors (Lipinski definition) is 2. The second-order valence-electron chi connectivity index (χ2n) is 6.43. The Kier molecular flexibility index (Phi) is 7.70. The lowest BCUT2D eigenvalue weighted by Gasteiger charge is -2.08. The van der Waals surface area contributed by atoms with Crippen molar-refractivity contribution in [1.82, 2.24) is 10.4 Å². The molecule has 1 amide bonds. The fourth-order valence-electron chi connectivity index (χ4n) is 2.63. The van der Waals surface area contributed by atoms with Crippen LogP contribution in [0, 0.1) is 0 Å². The van der Waals surface area contributed by atoms with Crippen LogP contribution in [0.5, 0.6) is 5.75 Å². The van der Waals surface area contributed by atoms with E-state index in [2.05, 4.69) is 20.8 Å². The van der Waals surface area contributed by atoms with Gasteiger partial charge in [0, 0.05) is 21.7 Å². The van der Waals surface area contributed by atoms with E-state index in [9.17, 15) is 18.0 Å². The van der Waals surface area contributed by atoms with Crippen LogP contribution in [0.2, 0.25) is 5.02 Å². The second-order valence-corrected chi connectivity index (χ2v) is 7.73. The maximum atomic E-state index is 12.8. The molecule has 0 aliphatic heterocycles. The summed E-state index contributed by atoms with van der Waals surface area (Å²) >= 11 is 7.16. The fraction of sp³-hybridized carbons (Fsp3) is 0.190. The molecule has 2 aromatic carbocycles. The summed E-state index contributed by atoms with van der Waals surface area (Å²) in [7, 11) is 0. The molecule has 0 unspecified atom stereocenters. The predicted octanol–water partition coefficient (Wildman–Crippen LogP) is 5.65. The maximum Gasteiger partial charge on any atom is 0.416 e. The van der Waals surface area contributed by atoms with Crippen molar-refractivity contribution < 1.29 is 22.7 Å². The predicted molar refractivity (Wildman–Crippen MR) is 119 cm³/mol. The van der Waals surface area contributed by atoms with Gasteiger partial charge in [-0.1, -0.05) is 17.7 Å². The zero-order valence-electron chi connectivity index (χ0n) is 16.7. The minimum atomic E-state index is -4.43. The first-order chi connectivity index (χ1) is 15.2. The molecule has 3 rings (SSSR count). The van der Waals surface area contributed by atoms with Crippen molar-refractivity contribution in [3.8, 4) is 5.75 Å². The van der Waals surface area contributed by atoms with Gasteiger partial charge in [0.15, 0.2) is 5.13 Å². The van der Waals surface area contributed by atoms with Gasteiger partial charge in [0.25, 0.3) is 0 Å². The minimum absolute atomic E-state index is 0.0496. The molecule has 3 aromatic rings. The van der Waals surface area contributed by atoms with E-state index in [1.807, 2.05) is 6.92 Å². The number of amides is 1. The van der Waals surface area contributed by atoms with Crippen molar-refractivity contribution in [2.24, 2.45) is 5.10 Å². The Bertz CT molecular complexity index is 1120. The van der Waals surface area contributed by atoms with E-state index < -0.39 is 17.6 Å². The van der Waals surface area contributed by atoms with Crippen LogP contribution in [-0.4, -0.2) is 23.7 Å². The van der Waals surface area contributed by atoms with Crippen molar-refractivity contribution in [2.75, 3.05) is 11.9 Å². The number of carbonyl (C=O) groups is 1. The number of carbonyl (C=O) groups excluding carboxylic acids is 1. The highest BCUT2D eigenvalue weighted by molar-refractivity contribution is 7.13. The Morgan fingerprint density at radius 3 is 2.84 bits per heavy atom. The third kappa shape index (κ3) is 6.69. The van der Waals surface area contributed by atoms with Crippen molar-refractivity contribution in [3.05, 3.63) is 69.7 Å². The molecule has 0 aliphatic carbocycles. The molecule has 0 atom stereocenters. The molecule has 0 radical (unpaired) electrons. The number of nitrogens with one attached hydrogen (secondary N) is 2. The second kappa shape index (κ2) is 10.5. The highest BCUT2D eigenvalue weighted by Crippen LogP contribution is 2.31. The Morgan fingerprint density at radius 1 is 1.28 bits per heavy atom. The fourth-order valence-corrected chi connectivity index (χ4v) is 3.54. The van der Waals surface area contributed by atoms with Crippen LogP contribution in [0.3, 0.4) is 0 Å². The molecule has 0 bridgehead atoms. The van der Waals surface area contributed by atoms with Gasteiger partial charge in [0.1, 0.15) is 5.75 Å². The first kappa shape index (κ1) is 23.6. The lowest BCUT2D eigenvalue weighted by molar-refractivity contribution is -0.137. The third-order valence-electron chi connectivity index (χ3n) is 4.00. The van der Waals surface area contributed by atoms with Crippen LogP contribution < -0.4 is 15.5 Å². The van der Waals surface area contributed by atoms with Gasteiger partial charge >= 0.3 is 6.18 Å². The third-order valence-corrected chi connectivity index (χ3v) is 5.04. The normalized spacial score (nSPS) is 11.5. The van der Waals surface area contributed by atoms with Crippen LogP contribution in [0.4, 0.5) is 24.0 Å². The minimum Gasteiger partial charge on any atom is -0.493 e. The molecular weight excluding hydrogens is 465 g/mol. The number of thiazole rings is 1. The summed E-state index contributed by atoms with van der Waals surface area (Å²) in [6.07, 6.45) is -3.05. The topological polar surface area (TPSA) is 75.6 Å². The number of aromatic nitrogens is 1. The maximum absolute atomic E-state index is 12.8. The lowest BCUT2D eigenvalue weighted by atomic mass is 10.2. The van der Waals surface area contributed by atoms with E-state index in [-0.39, 0.29) is 12.1 Å². The number of rotatable bonds is 8. The van der Waals surface area contributed by atoms with Gasteiger partial charge in [-0.25, -0.2) is 10.4 Å². The molecule has 1 aromatic heterocycles. The molecule has 1 heterocycles. The average molecular weight is 483 g/mol. The van der Waals surface area contributed by atoms with Crippen LogP contribution in [0.25, 0.3) is 0 Å². The van der Waals surface area contributed by atoms with Gasteiger partial charge in [-0.3, -0.25) is 4.79 Å². The van der Waals surface area contributed by atoms with Crippen LogP contribution in [0.15, 0.2) is 52.9 Å². The quantitative estimate of drug-likeness (QED) is 0.321. The zero-order chi connectivity index (χ0) is 23.1. The summed E-state index contributed by atoms with van der Waals surface area (Å²) in [6.45, 7) is 2.32. The number of hydrazone groups is 1. The number of benzene rings is 2. The van der Waals surface area contributed by atoms with Crippen LogP contribution in [-0.2, 0) is 17.4 Å². The molecular formula is C21H18ClF3N4O2S. The summed E-state index contributed by atoms with van der Waals surface area (Å²) in [5.74, 6) is 0.178. The van der Waals surface area contributed by atoms with E-state index in [0.717, 1.165) is 12.1 Å². The Morgan fingerprint density at radius 2 is 2.09 bits per heavy atom. The number of alkyl halides is 3. The standard InChI is InChI=1S/C21H18ClF3N4O2S/c1-2-31-18-7-6-15(22)8-13(18)11-26-29-19(30)10-17-12-32-20(28-17)27-16-5-3-4-14(9-16)21(23,24)25/h3-9,11-12H,2,10H2,1H3,(H,27,28)(H,29,30)/b26-11-. The van der Waals surface area contributed by atoms with Crippen LogP contribution in [0.1, 0.15) is 23.7 Å². The average Bonchev–Trinajstić information content (AvgIpc) is 3.16.